The molecule has 1 aromatic carbocycles. The molecular formula is C15H13ClN2O4. The molecular weight excluding hydrogens is 308 g/mol. The Balaban J connectivity index is 1.86. The molecule has 0 saturated carbocycles. The molecule has 22 heavy (non-hydrogen) atoms. The molecule has 0 aliphatic heterocycles. The van der Waals surface area contributed by atoms with Gasteiger partial charge < -0.3 is 15.0 Å². The van der Waals surface area contributed by atoms with Gasteiger partial charge in [0, 0.05) is 22.5 Å². The maximum atomic E-state index is 11.7. The minimum absolute atomic E-state index is 0.115. The Hall–Kier alpha value is -2.60. The van der Waals surface area contributed by atoms with Crippen molar-refractivity contribution in [1.29, 1.82) is 0 Å². The molecule has 1 amide bonds. The number of Topliss-reactive ketones (excluding diaryl/α,β-unsaturated/α-hetero) is 1. The Morgan fingerprint density at radius 1 is 1.23 bits per heavy atom. The summed E-state index contributed by atoms with van der Waals surface area (Å²) in [5.74, 6) is -1.36. The number of aromatic nitrogens is 1. The van der Waals surface area contributed by atoms with Crippen molar-refractivity contribution in [3.8, 4) is 0 Å². The Labute approximate surface area is 131 Å². The summed E-state index contributed by atoms with van der Waals surface area (Å²) in [6.07, 6.45) is 1.41. The van der Waals surface area contributed by atoms with Crippen molar-refractivity contribution in [1.82, 2.24) is 4.98 Å². The van der Waals surface area contributed by atoms with Crippen molar-refractivity contribution in [3.63, 3.8) is 0 Å². The van der Waals surface area contributed by atoms with Gasteiger partial charge in [0.2, 0.25) is 0 Å². The fourth-order valence-corrected chi connectivity index (χ4v) is 1.78. The van der Waals surface area contributed by atoms with Crippen molar-refractivity contribution >= 4 is 34.9 Å². The molecule has 0 atom stereocenters. The van der Waals surface area contributed by atoms with Gasteiger partial charge in [0.1, 0.15) is 5.69 Å². The van der Waals surface area contributed by atoms with Crippen LogP contribution >= 0.6 is 11.6 Å². The van der Waals surface area contributed by atoms with Gasteiger partial charge in [0.05, 0.1) is 0 Å². The number of amides is 1. The summed E-state index contributed by atoms with van der Waals surface area (Å²) in [7, 11) is 0. The maximum Gasteiger partial charge on any atom is 0.355 e. The summed E-state index contributed by atoms with van der Waals surface area (Å²) in [6, 6.07) is 7.90. The van der Waals surface area contributed by atoms with Gasteiger partial charge in [-0.15, -0.1) is 0 Å². The zero-order valence-corrected chi connectivity index (χ0v) is 12.4. The van der Waals surface area contributed by atoms with Crippen LogP contribution in [0.3, 0.4) is 0 Å². The van der Waals surface area contributed by atoms with Crippen molar-refractivity contribution < 1.29 is 19.1 Å². The van der Waals surface area contributed by atoms with Gasteiger partial charge in [-0.25, -0.2) is 4.79 Å². The molecule has 0 radical (unpaired) electrons. The number of ketones is 1. The van der Waals surface area contributed by atoms with Crippen LogP contribution in [0.5, 0.6) is 0 Å². The molecule has 7 heteroatoms. The molecule has 0 spiro atoms. The fourth-order valence-electron chi connectivity index (χ4n) is 1.65. The molecule has 0 bridgehead atoms. The molecule has 114 valence electrons. The fraction of sp³-hybridized carbons (Fsp3) is 0.133. The van der Waals surface area contributed by atoms with Crippen molar-refractivity contribution in [2.75, 3.05) is 11.9 Å². The van der Waals surface area contributed by atoms with E-state index in [-0.39, 0.29) is 11.5 Å². The van der Waals surface area contributed by atoms with E-state index in [0.29, 0.717) is 16.3 Å². The predicted molar refractivity (Wildman–Crippen MR) is 81.2 cm³/mol. The highest BCUT2D eigenvalue weighted by Crippen LogP contribution is 2.13. The van der Waals surface area contributed by atoms with Crippen LogP contribution < -0.4 is 5.32 Å². The van der Waals surface area contributed by atoms with Gasteiger partial charge in [-0.1, -0.05) is 11.6 Å². The standard InChI is InChI=1S/C15H13ClN2O4/c1-9(19)10-6-13(17-7-10)15(21)22-8-14(20)18-12-4-2-11(16)3-5-12/h2-7,17H,8H2,1H3,(H,18,20). The Morgan fingerprint density at radius 3 is 2.50 bits per heavy atom. The molecule has 1 aromatic heterocycles. The number of rotatable bonds is 5. The Bertz CT molecular complexity index is 707. The lowest BCUT2D eigenvalue weighted by Crippen LogP contribution is -2.21. The third-order valence-corrected chi connectivity index (χ3v) is 3.02. The first-order valence-corrected chi connectivity index (χ1v) is 6.75. The lowest BCUT2D eigenvalue weighted by Gasteiger charge is -2.06. The quantitative estimate of drug-likeness (QED) is 0.655. The lowest BCUT2D eigenvalue weighted by atomic mass is 10.2. The number of ether oxygens (including phenoxy) is 1. The van der Waals surface area contributed by atoms with Gasteiger partial charge in [0.15, 0.2) is 12.4 Å². The van der Waals surface area contributed by atoms with Gasteiger partial charge in [0.25, 0.3) is 5.91 Å². The minimum Gasteiger partial charge on any atom is -0.451 e. The van der Waals surface area contributed by atoms with Crippen LogP contribution in [0, 0.1) is 0 Å². The van der Waals surface area contributed by atoms with Gasteiger partial charge >= 0.3 is 5.97 Å². The molecule has 0 aliphatic rings. The summed E-state index contributed by atoms with van der Waals surface area (Å²) in [5.41, 5.74) is 1.03. The molecule has 6 nitrogen and oxygen atoms in total. The maximum absolute atomic E-state index is 11.7. The highest BCUT2D eigenvalue weighted by atomic mass is 35.5. The van der Waals surface area contributed by atoms with E-state index in [0.717, 1.165) is 0 Å². The van der Waals surface area contributed by atoms with E-state index in [2.05, 4.69) is 10.3 Å². The van der Waals surface area contributed by atoms with Crippen molar-refractivity contribution in [3.05, 3.63) is 52.8 Å². The summed E-state index contributed by atoms with van der Waals surface area (Å²) in [4.78, 5) is 37.1. The van der Waals surface area contributed by atoms with Crippen LogP contribution in [-0.4, -0.2) is 29.3 Å². The number of esters is 1. The summed E-state index contributed by atoms with van der Waals surface area (Å²) in [6.45, 7) is 0.952. The predicted octanol–water partition coefficient (Wildman–Crippen LogP) is 2.67. The van der Waals surface area contributed by atoms with E-state index in [1.807, 2.05) is 0 Å². The molecule has 0 saturated heterocycles. The average Bonchev–Trinajstić information content (AvgIpc) is 2.97. The minimum atomic E-state index is -0.709. The molecule has 2 N–H and O–H groups in total. The Morgan fingerprint density at radius 2 is 1.91 bits per heavy atom. The van der Waals surface area contributed by atoms with Crippen LogP contribution in [0.4, 0.5) is 5.69 Å². The Kier molecular flexibility index (Phi) is 4.95. The number of aromatic amines is 1. The van der Waals surface area contributed by atoms with E-state index in [9.17, 15) is 14.4 Å². The van der Waals surface area contributed by atoms with Crippen LogP contribution in [0.15, 0.2) is 36.5 Å². The molecule has 2 rings (SSSR count). The summed E-state index contributed by atoms with van der Waals surface area (Å²) >= 11 is 5.73. The second kappa shape index (κ2) is 6.91. The first-order valence-electron chi connectivity index (χ1n) is 6.37. The number of nitrogens with one attached hydrogen (secondary N) is 2. The number of hydrogen-bond acceptors (Lipinski definition) is 4. The number of carbonyl (C=O) groups excluding carboxylic acids is 3. The summed E-state index contributed by atoms with van der Waals surface area (Å²) < 4.78 is 4.86. The topological polar surface area (TPSA) is 88.3 Å². The van der Waals surface area contributed by atoms with Crippen LogP contribution in [0.1, 0.15) is 27.8 Å². The average molecular weight is 321 g/mol. The first kappa shape index (κ1) is 15.8. The third-order valence-electron chi connectivity index (χ3n) is 2.77. The van der Waals surface area contributed by atoms with Crippen LogP contribution in [-0.2, 0) is 9.53 Å². The SMILES string of the molecule is CC(=O)c1c[nH]c(C(=O)OCC(=O)Nc2ccc(Cl)cc2)c1. The second-order valence-corrected chi connectivity index (χ2v) is 4.93. The number of carbonyl (C=O) groups is 3. The number of anilines is 1. The molecule has 0 unspecified atom stereocenters. The van der Waals surface area contributed by atoms with Crippen molar-refractivity contribution in [2.45, 2.75) is 6.92 Å². The zero-order valence-electron chi connectivity index (χ0n) is 11.7. The van der Waals surface area contributed by atoms with Crippen LogP contribution in [0.2, 0.25) is 5.02 Å². The first-order chi connectivity index (χ1) is 10.5. The zero-order chi connectivity index (χ0) is 16.1. The normalized spacial score (nSPS) is 10.1. The number of hydrogen-bond donors (Lipinski definition) is 2. The largest absolute Gasteiger partial charge is 0.451 e. The number of benzene rings is 1. The lowest BCUT2D eigenvalue weighted by molar-refractivity contribution is -0.119. The number of H-pyrrole nitrogens is 1. The molecule has 2 aromatic rings. The van der Waals surface area contributed by atoms with Crippen molar-refractivity contribution in [2.24, 2.45) is 0 Å². The third kappa shape index (κ3) is 4.20. The second-order valence-electron chi connectivity index (χ2n) is 4.49. The van der Waals surface area contributed by atoms with E-state index < -0.39 is 18.5 Å². The highest BCUT2D eigenvalue weighted by molar-refractivity contribution is 6.30. The molecule has 1 heterocycles. The number of halogens is 1. The van der Waals surface area contributed by atoms with E-state index in [1.165, 1.54) is 19.2 Å². The van der Waals surface area contributed by atoms with Gasteiger partial charge in [-0.3, -0.25) is 9.59 Å². The monoisotopic (exact) mass is 320 g/mol. The van der Waals surface area contributed by atoms with Gasteiger partial charge in [-0.05, 0) is 37.3 Å². The van der Waals surface area contributed by atoms with E-state index in [1.54, 1.807) is 24.3 Å². The molecule has 0 aliphatic carbocycles. The van der Waals surface area contributed by atoms with Gasteiger partial charge in [-0.2, -0.15) is 0 Å². The van der Waals surface area contributed by atoms with E-state index in [4.69, 9.17) is 16.3 Å². The highest BCUT2D eigenvalue weighted by Gasteiger charge is 2.13. The smallest absolute Gasteiger partial charge is 0.355 e. The summed E-state index contributed by atoms with van der Waals surface area (Å²) in [5, 5.41) is 3.11. The molecule has 0 fully saturated rings. The van der Waals surface area contributed by atoms with E-state index >= 15 is 0 Å². The van der Waals surface area contributed by atoms with Crippen LogP contribution in [0.25, 0.3) is 0 Å².